The number of fused-ring (bicyclic) bond motifs is 5. The molecule has 3 heteroatoms. The Morgan fingerprint density at radius 1 is 1.14 bits per heavy atom. The van der Waals surface area contributed by atoms with Crippen molar-refractivity contribution in [2.75, 3.05) is 0 Å². The molecule has 0 bridgehead atoms. The summed E-state index contributed by atoms with van der Waals surface area (Å²) in [4.78, 5) is 12.8. The number of carbonyl (C=O) groups is 1. The molecule has 0 radical (unpaired) electrons. The highest BCUT2D eigenvalue weighted by Crippen LogP contribution is 2.64. The monoisotopic (exact) mass is 366 g/mol. The largest absolute Gasteiger partial charge is 0.393 e. The number of carbonyl (C=O) groups excluding carboxylic acids is 1. The summed E-state index contributed by atoms with van der Waals surface area (Å²) in [6.45, 7) is 4.66. The molecule has 122 valence electrons. The number of aliphatic hydroxyl groups is 1. The average molecular weight is 367 g/mol. The number of ketones is 1. The van der Waals surface area contributed by atoms with Gasteiger partial charge in [-0.15, -0.1) is 0 Å². The molecule has 22 heavy (non-hydrogen) atoms. The Labute approximate surface area is 141 Å². The van der Waals surface area contributed by atoms with Gasteiger partial charge in [-0.05, 0) is 61.7 Å². The van der Waals surface area contributed by atoms with Gasteiger partial charge in [0.25, 0.3) is 0 Å². The van der Waals surface area contributed by atoms with Crippen LogP contribution in [0.1, 0.15) is 58.8 Å². The van der Waals surface area contributed by atoms with Crippen LogP contribution in [0.25, 0.3) is 0 Å². The Hall–Kier alpha value is -0.150. The number of aliphatic hydroxyl groups excluding tert-OH is 1. The lowest BCUT2D eigenvalue weighted by molar-refractivity contribution is -0.131. The fraction of sp³-hybridized carbons (Fsp3) is 0.842. The van der Waals surface area contributed by atoms with E-state index in [0.29, 0.717) is 28.4 Å². The van der Waals surface area contributed by atoms with Crippen LogP contribution in [0.5, 0.6) is 0 Å². The molecule has 4 rings (SSSR count). The Bertz CT molecular complexity index is 542. The van der Waals surface area contributed by atoms with Crippen molar-refractivity contribution in [2.45, 2.75) is 69.7 Å². The van der Waals surface area contributed by atoms with E-state index in [0.717, 1.165) is 38.5 Å². The van der Waals surface area contributed by atoms with Crippen LogP contribution in [-0.2, 0) is 4.79 Å². The minimum atomic E-state index is -0.155. The van der Waals surface area contributed by atoms with Crippen molar-refractivity contribution >= 4 is 21.7 Å². The number of hydrogen-bond donors (Lipinski definition) is 1. The lowest BCUT2D eigenvalue weighted by atomic mass is 9.48. The molecular formula is C19H27BrO2. The first kappa shape index (κ1) is 15.4. The number of rotatable bonds is 0. The van der Waals surface area contributed by atoms with Crippen LogP contribution in [-0.4, -0.2) is 21.8 Å². The van der Waals surface area contributed by atoms with E-state index in [2.05, 4.69) is 35.9 Å². The maximum Gasteiger partial charge on any atom is 0.139 e. The standard InChI is InChI=1S/C19H27BrO2/c1-18-7-5-12(21)9-11(18)10-15(20)17-13-3-4-16(22)19(13,2)8-6-14(17)18/h10,12-15,17,21H,3-9H2,1-2H3/t12-,13?,14?,15?,17?,18-,19-/m0/s1. The second kappa shape index (κ2) is 4.92. The van der Waals surface area contributed by atoms with Crippen LogP contribution in [0, 0.1) is 28.6 Å². The molecule has 0 amide bonds. The SMILES string of the molecule is C[C@]12CC[C@H](O)CC1=CC(Br)C1C2CC[C@]2(C)C(=O)CCC12. The fourth-order valence-corrected chi connectivity index (χ4v) is 7.41. The topological polar surface area (TPSA) is 37.3 Å². The van der Waals surface area contributed by atoms with E-state index in [9.17, 15) is 9.90 Å². The number of hydrogen-bond acceptors (Lipinski definition) is 2. The van der Waals surface area contributed by atoms with E-state index in [1.165, 1.54) is 12.0 Å². The van der Waals surface area contributed by atoms with Crippen LogP contribution in [0.3, 0.4) is 0 Å². The highest BCUT2D eigenvalue weighted by atomic mass is 79.9. The highest BCUT2D eigenvalue weighted by Gasteiger charge is 2.60. The van der Waals surface area contributed by atoms with Gasteiger partial charge in [-0.2, -0.15) is 0 Å². The van der Waals surface area contributed by atoms with E-state index >= 15 is 0 Å². The van der Waals surface area contributed by atoms with E-state index < -0.39 is 0 Å². The van der Waals surface area contributed by atoms with Gasteiger partial charge in [0.05, 0.1) is 6.10 Å². The molecule has 0 saturated heterocycles. The van der Waals surface area contributed by atoms with E-state index in [1.54, 1.807) is 0 Å². The van der Waals surface area contributed by atoms with E-state index in [1.807, 2.05) is 0 Å². The van der Waals surface area contributed by atoms with Gasteiger partial charge in [-0.25, -0.2) is 0 Å². The summed E-state index contributed by atoms with van der Waals surface area (Å²) in [5.41, 5.74) is 1.66. The Morgan fingerprint density at radius 2 is 1.82 bits per heavy atom. The maximum atomic E-state index is 12.5. The van der Waals surface area contributed by atoms with Gasteiger partial charge in [-0.1, -0.05) is 41.4 Å². The van der Waals surface area contributed by atoms with Crippen molar-refractivity contribution in [3.05, 3.63) is 11.6 Å². The summed E-state index contributed by atoms with van der Waals surface area (Å²) in [7, 11) is 0. The van der Waals surface area contributed by atoms with Crippen molar-refractivity contribution in [2.24, 2.45) is 28.6 Å². The van der Waals surface area contributed by atoms with Crippen LogP contribution in [0.2, 0.25) is 0 Å². The van der Waals surface area contributed by atoms with Gasteiger partial charge in [0.1, 0.15) is 5.78 Å². The molecule has 1 N–H and O–H groups in total. The van der Waals surface area contributed by atoms with Gasteiger partial charge >= 0.3 is 0 Å². The molecule has 7 atom stereocenters. The number of halogens is 1. The molecule has 0 aromatic rings. The maximum absolute atomic E-state index is 12.5. The zero-order chi connectivity index (χ0) is 15.7. The van der Waals surface area contributed by atoms with E-state index in [4.69, 9.17) is 0 Å². The Kier molecular flexibility index (Phi) is 3.44. The smallest absolute Gasteiger partial charge is 0.139 e. The number of Topliss-reactive ketones (excluding diaryl/α,β-unsaturated/α-hetero) is 1. The summed E-state index contributed by atoms with van der Waals surface area (Å²) in [6.07, 6.45) is 9.26. The molecule has 0 heterocycles. The first-order chi connectivity index (χ1) is 10.4. The first-order valence-corrected chi connectivity index (χ1v) is 9.84. The normalized spacial score (nSPS) is 54.3. The minimum Gasteiger partial charge on any atom is -0.393 e. The third-order valence-electron chi connectivity index (χ3n) is 7.77. The van der Waals surface area contributed by atoms with Crippen molar-refractivity contribution in [3.63, 3.8) is 0 Å². The van der Waals surface area contributed by atoms with Crippen LogP contribution >= 0.6 is 15.9 Å². The zero-order valence-electron chi connectivity index (χ0n) is 13.6. The summed E-state index contributed by atoms with van der Waals surface area (Å²) < 4.78 is 0. The summed E-state index contributed by atoms with van der Waals surface area (Å²) >= 11 is 3.95. The van der Waals surface area contributed by atoms with Crippen LogP contribution < -0.4 is 0 Å². The summed E-state index contributed by atoms with van der Waals surface area (Å²) in [5, 5.41) is 10.1. The predicted octanol–water partition coefficient (Wildman–Crippen LogP) is 4.25. The van der Waals surface area contributed by atoms with Crippen molar-refractivity contribution in [1.82, 2.24) is 0 Å². The average Bonchev–Trinajstić information content (AvgIpc) is 2.77. The van der Waals surface area contributed by atoms with Gasteiger partial charge in [0.2, 0.25) is 0 Å². The van der Waals surface area contributed by atoms with Crippen molar-refractivity contribution in [3.8, 4) is 0 Å². The Morgan fingerprint density at radius 3 is 2.59 bits per heavy atom. The molecule has 3 saturated carbocycles. The van der Waals surface area contributed by atoms with E-state index in [-0.39, 0.29) is 16.9 Å². The third-order valence-corrected chi connectivity index (χ3v) is 8.65. The second-order valence-electron chi connectivity index (χ2n) is 8.66. The number of allylic oxidation sites excluding steroid dienone is 1. The summed E-state index contributed by atoms with van der Waals surface area (Å²) in [5.74, 6) is 2.32. The van der Waals surface area contributed by atoms with Gasteiger partial charge in [0, 0.05) is 16.7 Å². The molecule has 0 spiro atoms. The number of alkyl halides is 1. The van der Waals surface area contributed by atoms with Crippen molar-refractivity contribution in [1.29, 1.82) is 0 Å². The zero-order valence-corrected chi connectivity index (χ0v) is 15.2. The molecule has 4 aliphatic rings. The second-order valence-corrected chi connectivity index (χ2v) is 9.72. The first-order valence-electron chi connectivity index (χ1n) is 8.93. The quantitative estimate of drug-likeness (QED) is 0.513. The van der Waals surface area contributed by atoms with Gasteiger partial charge in [-0.3, -0.25) is 4.79 Å². The lowest BCUT2D eigenvalue weighted by Gasteiger charge is -2.58. The van der Waals surface area contributed by atoms with Gasteiger partial charge < -0.3 is 5.11 Å². The predicted molar refractivity (Wildman–Crippen MR) is 90.8 cm³/mol. The van der Waals surface area contributed by atoms with Crippen LogP contribution in [0.15, 0.2) is 11.6 Å². The summed E-state index contributed by atoms with van der Waals surface area (Å²) in [6, 6.07) is 0. The molecule has 0 aromatic carbocycles. The molecule has 2 nitrogen and oxygen atoms in total. The molecule has 4 aliphatic carbocycles. The minimum absolute atomic E-state index is 0.0664. The van der Waals surface area contributed by atoms with Gasteiger partial charge in [0.15, 0.2) is 0 Å². The Balaban J connectivity index is 1.75. The van der Waals surface area contributed by atoms with Crippen LogP contribution in [0.4, 0.5) is 0 Å². The molecule has 0 aliphatic heterocycles. The fourth-order valence-electron chi connectivity index (χ4n) is 6.36. The molecule has 4 unspecified atom stereocenters. The molecule has 0 aromatic heterocycles. The third kappa shape index (κ3) is 1.90. The van der Waals surface area contributed by atoms with Crippen molar-refractivity contribution < 1.29 is 9.90 Å². The molecule has 3 fully saturated rings. The highest BCUT2D eigenvalue weighted by molar-refractivity contribution is 9.09. The lowest BCUT2D eigenvalue weighted by Crippen LogP contribution is -2.53. The molecular weight excluding hydrogens is 340 g/mol.